The molecule has 0 aromatic rings. The smallest absolute Gasteiger partial charge is 0.284 e. The Bertz CT molecular complexity index is 224. The first-order valence-corrected chi connectivity index (χ1v) is 5.58. The SMILES string of the molecule is C/C=C\C[N+]1(/C(O)=C/C)CCCCC1. The van der Waals surface area contributed by atoms with E-state index in [4.69, 9.17) is 0 Å². The van der Waals surface area contributed by atoms with Crippen molar-refractivity contribution in [1.29, 1.82) is 0 Å². The van der Waals surface area contributed by atoms with Crippen LogP contribution in [0.1, 0.15) is 33.1 Å². The molecule has 1 fully saturated rings. The number of likely N-dealkylation sites (tertiary alicyclic amines) is 1. The molecule has 0 radical (unpaired) electrons. The average Bonchev–Trinajstić information content (AvgIpc) is 2.26. The first-order chi connectivity index (χ1) is 6.75. The number of rotatable bonds is 3. The maximum absolute atomic E-state index is 9.96. The van der Waals surface area contributed by atoms with Crippen LogP contribution in [-0.2, 0) is 0 Å². The highest BCUT2D eigenvalue weighted by molar-refractivity contribution is 4.85. The Morgan fingerprint density at radius 3 is 2.36 bits per heavy atom. The minimum Gasteiger partial charge on any atom is -0.468 e. The van der Waals surface area contributed by atoms with E-state index in [1.54, 1.807) is 0 Å². The van der Waals surface area contributed by atoms with Crippen LogP contribution in [0.15, 0.2) is 24.1 Å². The van der Waals surface area contributed by atoms with Gasteiger partial charge in [-0.2, -0.15) is 0 Å². The fourth-order valence-electron chi connectivity index (χ4n) is 2.20. The van der Waals surface area contributed by atoms with Crippen molar-refractivity contribution in [3.8, 4) is 0 Å². The van der Waals surface area contributed by atoms with E-state index in [1.165, 1.54) is 19.3 Å². The lowest BCUT2D eigenvalue weighted by Crippen LogP contribution is -2.50. The highest BCUT2D eigenvalue weighted by atomic mass is 16.3. The number of aliphatic hydroxyl groups excluding tert-OH is 1. The number of hydrogen-bond donors (Lipinski definition) is 1. The fourth-order valence-corrected chi connectivity index (χ4v) is 2.20. The first-order valence-electron chi connectivity index (χ1n) is 5.58. The number of piperidine rings is 1. The van der Waals surface area contributed by atoms with Crippen LogP contribution < -0.4 is 0 Å². The van der Waals surface area contributed by atoms with Gasteiger partial charge in [0.2, 0.25) is 0 Å². The second kappa shape index (κ2) is 5.20. The summed E-state index contributed by atoms with van der Waals surface area (Å²) in [6, 6.07) is 0. The van der Waals surface area contributed by atoms with E-state index in [1.807, 2.05) is 19.9 Å². The number of hydrogen-bond acceptors (Lipinski definition) is 1. The molecule has 0 unspecified atom stereocenters. The molecule has 0 aromatic carbocycles. The molecule has 1 rings (SSSR count). The van der Waals surface area contributed by atoms with E-state index in [0.717, 1.165) is 24.1 Å². The molecular formula is C12H22NO+. The number of quaternary nitrogens is 1. The molecule has 1 heterocycles. The Labute approximate surface area is 87.1 Å². The summed E-state index contributed by atoms with van der Waals surface area (Å²) < 4.78 is 0.765. The summed E-state index contributed by atoms with van der Waals surface area (Å²) in [5.41, 5.74) is 0. The largest absolute Gasteiger partial charge is 0.468 e. The zero-order valence-corrected chi connectivity index (χ0v) is 9.37. The topological polar surface area (TPSA) is 20.2 Å². The average molecular weight is 196 g/mol. The van der Waals surface area contributed by atoms with Gasteiger partial charge in [-0.25, -0.2) is 0 Å². The van der Waals surface area contributed by atoms with Crippen molar-refractivity contribution in [1.82, 2.24) is 0 Å². The summed E-state index contributed by atoms with van der Waals surface area (Å²) in [7, 11) is 0. The van der Waals surface area contributed by atoms with Crippen LogP contribution in [-0.4, -0.2) is 29.2 Å². The molecule has 0 atom stereocenters. The van der Waals surface area contributed by atoms with Gasteiger partial charge in [-0.1, -0.05) is 6.08 Å². The summed E-state index contributed by atoms with van der Waals surface area (Å²) in [4.78, 5) is 0. The van der Waals surface area contributed by atoms with Gasteiger partial charge in [0.1, 0.15) is 6.54 Å². The standard InChI is InChI=1S/C12H21NO/c1-3-5-9-13(12(14)4-2)10-7-6-8-11-13/h3-5H,6-11H2,1-2H3/p+1/b5-3-,12-4-. The van der Waals surface area contributed by atoms with E-state index in [-0.39, 0.29) is 0 Å². The van der Waals surface area contributed by atoms with E-state index in [2.05, 4.69) is 12.2 Å². The molecule has 0 spiro atoms. The van der Waals surface area contributed by atoms with Gasteiger partial charge in [0.15, 0.2) is 0 Å². The van der Waals surface area contributed by atoms with Crippen molar-refractivity contribution >= 4 is 0 Å². The molecule has 1 aliphatic rings. The quantitative estimate of drug-likeness (QED) is 0.418. The Hall–Kier alpha value is -0.760. The molecule has 1 aliphatic heterocycles. The lowest BCUT2D eigenvalue weighted by atomic mass is 10.1. The Morgan fingerprint density at radius 1 is 1.21 bits per heavy atom. The van der Waals surface area contributed by atoms with Crippen LogP contribution in [0.3, 0.4) is 0 Å². The third-order valence-corrected chi connectivity index (χ3v) is 3.11. The van der Waals surface area contributed by atoms with E-state index < -0.39 is 0 Å². The highest BCUT2D eigenvalue weighted by Crippen LogP contribution is 2.24. The van der Waals surface area contributed by atoms with Crippen molar-refractivity contribution in [2.75, 3.05) is 19.6 Å². The monoisotopic (exact) mass is 196 g/mol. The lowest BCUT2D eigenvalue weighted by molar-refractivity contribution is -0.905. The fraction of sp³-hybridized carbons (Fsp3) is 0.667. The second-order valence-corrected chi connectivity index (χ2v) is 4.05. The van der Waals surface area contributed by atoms with Crippen molar-refractivity contribution in [2.24, 2.45) is 0 Å². The zero-order valence-electron chi connectivity index (χ0n) is 9.37. The van der Waals surface area contributed by atoms with Gasteiger partial charge in [0, 0.05) is 6.08 Å². The normalized spacial score (nSPS) is 22.9. The van der Waals surface area contributed by atoms with E-state index in [0.29, 0.717) is 5.88 Å². The van der Waals surface area contributed by atoms with Gasteiger partial charge in [-0.05, 0) is 39.2 Å². The van der Waals surface area contributed by atoms with Gasteiger partial charge in [-0.3, -0.25) is 4.48 Å². The van der Waals surface area contributed by atoms with Crippen molar-refractivity contribution in [3.05, 3.63) is 24.1 Å². The predicted molar refractivity (Wildman–Crippen MR) is 59.9 cm³/mol. The molecule has 0 aromatic heterocycles. The van der Waals surface area contributed by atoms with Gasteiger partial charge in [-0.15, -0.1) is 0 Å². The summed E-state index contributed by atoms with van der Waals surface area (Å²) in [6.45, 7) is 7.06. The maximum atomic E-state index is 9.96. The first kappa shape index (κ1) is 11.3. The molecule has 14 heavy (non-hydrogen) atoms. The van der Waals surface area contributed by atoms with Gasteiger partial charge in [0.25, 0.3) is 5.88 Å². The molecule has 80 valence electrons. The molecule has 2 heteroatoms. The zero-order chi connectivity index (χ0) is 10.4. The van der Waals surface area contributed by atoms with E-state index >= 15 is 0 Å². The van der Waals surface area contributed by atoms with Gasteiger partial charge < -0.3 is 5.11 Å². The van der Waals surface area contributed by atoms with Crippen LogP contribution in [0, 0.1) is 0 Å². The number of aliphatic hydroxyl groups is 1. The predicted octanol–water partition coefficient (Wildman–Crippen LogP) is 2.98. The van der Waals surface area contributed by atoms with Crippen molar-refractivity contribution in [3.63, 3.8) is 0 Å². The molecule has 2 nitrogen and oxygen atoms in total. The second-order valence-electron chi connectivity index (χ2n) is 4.05. The van der Waals surface area contributed by atoms with Crippen LogP contribution in [0.4, 0.5) is 0 Å². The Balaban J connectivity index is 2.76. The molecular weight excluding hydrogens is 174 g/mol. The minimum absolute atomic E-state index is 0.544. The molecule has 0 amide bonds. The number of nitrogens with zero attached hydrogens (tertiary/aromatic N) is 1. The van der Waals surface area contributed by atoms with E-state index in [9.17, 15) is 5.11 Å². The van der Waals surface area contributed by atoms with Crippen LogP contribution in [0.25, 0.3) is 0 Å². The third kappa shape index (κ3) is 2.38. The van der Waals surface area contributed by atoms with Crippen molar-refractivity contribution < 1.29 is 9.59 Å². The highest BCUT2D eigenvalue weighted by Gasteiger charge is 2.32. The molecule has 1 N–H and O–H groups in total. The lowest BCUT2D eigenvalue weighted by Gasteiger charge is -2.38. The van der Waals surface area contributed by atoms with Crippen LogP contribution >= 0.6 is 0 Å². The van der Waals surface area contributed by atoms with Crippen LogP contribution in [0.5, 0.6) is 0 Å². The van der Waals surface area contributed by atoms with Crippen molar-refractivity contribution in [2.45, 2.75) is 33.1 Å². The summed E-state index contributed by atoms with van der Waals surface area (Å²) in [5, 5.41) is 9.96. The van der Waals surface area contributed by atoms with Gasteiger partial charge in [0.05, 0.1) is 13.1 Å². The molecule has 0 aliphatic carbocycles. The molecule has 1 saturated heterocycles. The Kier molecular flexibility index (Phi) is 4.21. The molecule has 0 saturated carbocycles. The summed E-state index contributed by atoms with van der Waals surface area (Å²) in [6.07, 6.45) is 9.84. The molecule has 0 bridgehead atoms. The van der Waals surface area contributed by atoms with Crippen LogP contribution in [0.2, 0.25) is 0 Å². The van der Waals surface area contributed by atoms with Gasteiger partial charge >= 0.3 is 0 Å². The summed E-state index contributed by atoms with van der Waals surface area (Å²) >= 11 is 0. The maximum Gasteiger partial charge on any atom is 0.284 e. The Morgan fingerprint density at radius 2 is 1.86 bits per heavy atom. The third-order valence-electron chi connectivity index (χ3n) is 3.11. The summed E-state index contributed by atoms with van der Waals surface area (Å²) in [5.74, 6) is 0.544. The number of allylic oxidation sites excluding steroid dienone is 2. The minimum atomic E-state index is 0.544.